The van der Waals surface area contributed by atoms with E-state index in [0.29, 0.717) is 12.1 Å². The van der Waals surface area contributed by atoms with Crippen LogP contribution in [0.3, 0.4) is 0 Å². The molecular weight excluding hydrogens is 290 g/mol. The zero-order valence-corrected chi connectivity index (χ0v) is 12.8. The van der Waals surface area contributed by atoms with Crippen LogP contribution < -0.4 is 10.1 Å². The highest BCUT2D eigenvalue weighted by atomic mass is 79.9. The summed E-state index contributed by atoms with van der Waals surface area (Å²) < 4.78 is 6.85. The standard InChI is InChI=1S/C15H22BrNO/c1-3-5-12(4-2)17-14-8-9-18-15-7-6-11(16)10-13(14)15/h6-7,10,12,14,17H,3-5,8-9H2,1-2H3. The minimum absolute atomic E-state index is 0.433. The molecule has 0 spiro atoms. The van der Waals surface area contributed by atoms with Crippen LogP contribution in [-0.4, -0.2) is 12.6 Å². The van der Waals surface area contributed by atoms with Crippen molar-refractivity contribution >= 4 is 15.9 Å². The highest BCUT2D eigenvalue weighted by Crippen LogP contribution is 2.34. The highest BCUT2D eigenvalue weighted by molar-refractivity contribution is 9.10. The molecule has 1 aromatic carbocycles. The molecule has 1 heterocycles. The van der Waals surface area contributed by atoms with Crippen molar-refractivity contribution in [2.24, 2.45) is 0 Å². The lowest BCUT2D eigenvalue weighted by atomic mass is 9.98. The van der Waals surface area contributed by atoms with Gasteiger partial charge in [0.25, 0.3) is 0 Å². The minimum Gasteiger partial charge on any atom is -0.493 e. The molecule has 18 heavy (non-hydrogen) atoms. The number of benzene rings is 1. The Morgan fingerprint density at radius 2 is 2.28 bits per heavy atom. The van der Waals surface area contributed by atoms with Gasteiger partial charge >= 0.3 is 0 Å². The van der Waals surface area contributed by atoms with Crippen molar-refractivity contribution < 1.29 is 4.74 Å². The SMILES string of the molecule is CCCC(CC)NC1CCOc2ccc(Br)cc21. The maximum absolute atomic E-state index is 5.72. The van der Waals surface area contributed by atoms with Crippen molar-refractivity contribution in [3.05, 3.63) is 28.2 Å². The molecule has 1 aliphatic heterocycles. The Morgan fingerprint density at radius 1 is 1.44 bits per heavy atom. The zero-order chi connectivity index (χ0) is 13.0. The first-order valence-electron chi connectivity index (χ1n) is 6.92. The molecule has 0 radical (unpaired) electrons. The molecule has 1 aromatic rings. The van der Waals surface area contributed by atoms with Gasteiger partial charge in [0.05, 0.1) is 6.61 Å². The summed E-state index contributed by atoms with van der Waals surface area (Å²) in [6, 6.07) is 7.34. The van der Waals surface area contributed by atoms with Gasteiger partial charge in [-0.2, -0.15) is 0 Å². The van der Waals surface area contributed by atoms with Gasteiger partial charge in [-0.1, -0.05) is 36.2 Å². The van der Waals surface area contributed by atoms with Gasteiger partial charge in [0, 0.05) is 28.5 Å². The number of ether oxygens (including phenoxy) is 1. The molecule has 1 aliphatic rings. The van der Waals surface area contributed by atoms with Gasteiger partial charge in [-0.25, -0.2) is 0 Å². The molecule has 0 aliphatic carbocycles. The van der Waals surface area contributed by atoms with Crippen LogP contribution in [0.15, 0.2) is 22.7 Å². The van der Waals surface area contributed by atoms with Crippen LogP contribution in [-0.2, 0) is 0 Å². The van der Waals surface area contributed by atoms with Crippen molar-refractivity contribution in [3.63, 3.8) is 0 Å². The molecular formula is C15H22BrNO. The fourth-order valence-corrected chi connectivity index (χ4v) is 2.96. The second-order valence-electron chi connectivity index (χ2n) is 4.93. The largest absolute Gasteiger partial charge is 0.493 e. The summed E-state index contributed by atoms with van der Waals surface area (Å²) in [7, 11) is 0. The van der Waals surface area contributed by atoms with Crippen LogP contribution in [0, 0.1) is 0 Å². The van der Waals surface area contributed by atoms with Crippen molar-refractivity contribution in [1.29, 1.82) is 0 Å². The summed E-state index contributed by atoms with van der Waals surface area (Å²) in [6.07, 6.45) is 4.73. The van der Waals surface area contributed by atoms with E-state index >= 15 is 0 Å². The summed E-state index contributed by atoms with van der Waals surface area (Å²) in [5, 5.41) is 3.79. The Hall–Kier alpha value is -0.540. The van der Waals surface area contributed by atoms with Crippen LogP contribution in [0.4, 0.5) is 0 Å². The Kier molecular flexibility index (Phi) is 5.07. The van der Waals surface area contributed by atoms with Gasteiger partial charge in [0.2, 0.25) is 0 Å². The molecule has 0 aromatic heterocycles. The van der Waals surface area contributed by atoms with Gasteiger partial charge in [-0.3, -0.25) is 0 Å². The number of fused-ring (bicyclic) bond motifs is 1. The van der Waals surface area contributed by atoms with Gasteiger partial charge in [0.1, 0.15) is 5.75 Å². The third-order valence-electron chi connectivity index (χ3n) is 3.58. The first kappa shape index (κ1) is 13.9. The first-order valence-corrected chi connectivity index (χ1v) is 7.72. The van der Waals surface area contributed by atoms with E-state index < -0.39 is 0 Å². The maximum atomic E-state index is 5.72. The van der Waals surface area contributed by atoms with Crippen LogP contribution in [0.2, 0.25) is 0 Å². The molecule has 3 heteroatoms. The number of rotatable bonds is 5. The summed E-state index contributed by atoms with van der Waals surface area (Å²) in [5.41, 5.74) is 1.30. The fraction of sp³-hybridized carbons (Fsp3) is 0.600. The molecule has 2 nitrogen and oxygen atoms in total. The van der Waals surface area contributed by atoms with E-state index in [0.717, 1.165) is 23.2 Å². The van der Waals surface area contributed by atoms with Gasteiger partial charge in [-0.15, -0.1) is 0 Å². The van der Waals surface area contributed by atoms with Crippen molar-refractivity contribution in [3.8, 4) is 5.75 Å². The third-order valence-corrected chi connectivity index (χ3v) is 4.07. The van der Waals surface area contributed by atoms with Crippen molar-refractivity contribution in [1.82, 2.24) is 5.32 Å². The monoisotopic (exact) mass is 311 g/mol. The Morgan fingerprint density at radius 3 is 3.00 bits per heavy atom. The number of hydrogen-bond acceptors (Lipinski definition) is 2. The second-order valence-corrected chi connectivity index (χ2v) is 5.85. The fourth-order valence-electron chi connectivity index (χ4n) is 2.58. The Bertz CT molecular complexity index is 394. The normalized spacial score (nSPS) is 20.1. The second kappa shape index (κ2) is 6.58. The smallest absolute Gasteiger partial charge is 0.124 e. The molecule has 100 valence electrons. The summed E-state index contributed by atoms with van der Waals surface area (Å²) in [4.78, 5) is 0. The number of hydrogen-bond donors (Lipinski definition) is 1. The summed E-state index contributed by atoms with van der Waals surface area (Å²) >= 11 is 3.55. The van der Waals surface area contributed by atoms with E-state index in [9.17, 15) is 0 Å². The van der Waals surface area contributed by atoms with E-state index in [1.807, 2.05) is 6.07 Å². The van der Waals surface area contributed by atoms with Crippen LogP contribution in [0.1, 0.15) is 51.1 Å². The van der Waals surface area contributed by atoms with E-state index in [-0.39, 0.29) is 0 Å². The van der Waals surface area contributed by atoms with Crippen molar-refractivity contribution in [2.75, 3.05) is 6.61 Å². The third kappa shape index (κ3) is 3.27. The van der Waals surface area contributed by atoms with E-state index in [1.165, 1.54) is 24.8 Å². The van der Waals surface area contributed by atoms with Gasteiger partial charge < -0.3 is 10.1 Å². The number of halogens is 1. The average Bonchev–Trinajstić information content (AvgIpc) is 2.38. The Labute approximate surface area is 118 Å². The van der Waals surface area contributed by atoms with Crippen LogP contribution in [0.5, 0.6) is 5.75 Å². The van der Waals surface area contributed by atoms with E-state index in [1.54, 1.807) is 0 Å². The first-order chi connectivity index (χ1) is 8.74. The molecule has 2 rings (SSSR count). The lowest BCUT2D eigenvalue weighted by Crippen LogP contribution is -2.35. The van der Waals surface area contributed by atoms with Crippen LogP contribution in [0.25, 0.3) is 0 Å². The minimum atomic E-state index is 0.433. The van der Waals surface area contributed by atoms with E-state index in [2.05, 4.69) is 47.2 Å². The quantitative estimate of drug-likeness (QED) is 0.868. The lowest BCUT2D eigenvalue weighted by molar-refractivity contribution is 0.240. The lowest BCUT2D eigenvalue weighted by Gasteiger charge is -2.30. The zero-order valence-electron chi connectivity index (χ0n) is 11.2. The van der Waals surface area contributed by atoms with Crippen molar-refractivity contribution in [2.45, 2.75) is 51.6 Å². The summed E-state index contributed by atoms with van der Waals surface area (Å²) in [6.45, 7) is 5.32. The summed E-state index contributed by atoms with van der Waals surface area (Å²) in [5.74, 6) is 1.04. The molecule has 2 unspecified atom stereocenters. The van der Waals surface area contributed by atoms with Gasteiger partial charge in [0.15, 0.2) is 0 Å². The average molecular weight is 312 g/mol. The molecule has 0 saturated carbocycles. The Balaban J connectivity index is 2.13. The molecule has 0 saturated heterocycles. The molecule has 2 atom stereocenters. The van der Waals surface area contributed by atoms with Gasteiger partial charge in [-0.05, 0) is 31.0 Å². The maximum Gasteiger partial charge on any atom is 0.124 e. The van der Waals surface area contributed by atoms with E-state index in [4.69, 9.17) is 4.74 Å². The molecule has 0 fully saturated rings. The predicted octanol–water partition coefficient (Wildman–Crippen LogP) is 4.44. The predicted molar refractivity (Wildman–Crippen MR) is 79.1 cm³/mol. The number of nitrogens with one attached hydrogen (secondary N) is 1. The molecule has 0 amide bonds. The highest BCUT2D eigenvalue weighted by Gasteiger charge is 2.23. The van der Waals surface area contributed by atoms with Crippen LogP contribution >= 0.6 is 15.9 Å². The molecule has 1 N–H and O–H groups in total. The molecule has 0 bridgehead atoms. The topological polar surface area (TPSA) is 21.3 Å².